The number of hydrogen-bond acceptors (Lipinski definition) is 3. The lowest BCUT2D eigenvalue weighted by molar-refractivity contribution is 0.243. The molecule has 0 atom stereocenters. The van der Waals surface area contributed by atoms with Gasteiger partial charge in [0.25, 0.3) is 5.56 Å². The molecule has 1 N–H and O–H groups in total. The number of para-hydroxylation sites is 1. The van der Waals surface area contributed by atoms with Crippen molar-refractivity contribution in [2.75, 3.05) is 0 Å². The van der Waals surface area contributed by atoms with Gasteiger partial charge >= 0.3 is 0 Å². The Bertz CT molecular complexity index is 603. The van der Waals surface area contributed by atoms with Gasteiger partial charge in [0.05, 0.1) is 11.8 Å². The summed E-state index contributed by atoms with van der Waals surface area (Å²) in [7, 11) is 0. The Balaban J connectivity index is 2.52. The van der Waals surface area contributed by atoms with Crippen molar-refractivity contribution in [3.8, 4) is 17.0 Å². The Morgan fingerprint density at radius 2 is 2.00 bits per heavy atom. The van der Waals surface area contributed by atoms with Crippen molar-refractivity contribution in [2.45, 2.75) is 26.9 Å². The number of ether oxygens (including phenoxy) is 1. The average Bonchev–Trinajstić information content (AvgIpc) is 2.27. The standard InChI is InChI=1S/C14H16N2O2/c1-9(2)18-13-7-5-4-6-11(13)12-8-14(17)16-10(3)15-12/h4-9H,1-3H3,(H,15,16,17). The zero-order chi connectivity index (χ0) is 13.1. The SMILES string of the molecule is Cc1nc(-c2ccccc2OC(C)C)cc(=O)[nH]1. The maximum atomic E-state index is 11.5. The summed E-state index contributed by atoms with van der Waals surface area (Å²) in [5, 5.41) is 0. The Morgan fingerprint density at radius 1 is 1.28 bits per heavy atom. The maximum Gasteiger partial charge on any atom is 0.251 e. The minimum atomic E-state index is -0.156. The molecule has 0 spiro atoms. The lowest BCUT2D eigenvalue weighted by Crippen LogP contribution is -2.10. The molecule has 1 aromatic heterocycles. The summed E-state index contributed by atoms with van der Waals surface area (Å²) in [6.45, 7) is 5.69. The number of aromatic amines is 1. The van der Waals surface area contributed by atoms with Crippen LogP contribution in [0.3, 0.4) is 0 Å². The Kier molecular flexibility index (Phi) is 3.46. The number of aryl methyl sites for hydroxylation is 1. The molecule has 94 valence electrons. The summed E-state index contributed by atoms with van der Waals surface area (Å²) in [6, 6.07) is 9.07. The molecule has 0 aliphatic rings. The van der Waals surface area contributed by atoms with Gasteiger partial charge in [-0.1, -0.05) is 12.1 Å². The number of hydrogen-bond donors (Lipinski definition) is 1. The molecule has 2 aromatic rings. The van der Waals surface area contributed by atoms with E-state index in [9.17, 15) is 4.79 Å². The fraction of sp³-hybridized carbons (Fsp3) is 0.286. The van der Waals surface area contributed by atoms with Crippen LogP contribution in [-0.2, 0) is 0 Å². The monoisotopic (exact) mass is 244 g/mol. The lowest BCUT2D eigenvalue weighted by atomic mass is 10.1. The van der Waals surface area contributed by atoms with Gasteiger partial charge in [-0.25, -0.2) is 4.98 Å². The largest absolute Gasteiger partial charge is 0.490 e. The van der Waals surface area contributed by atoms with Gasteiger partial charge < -0.3 is 9.72 Å². The smallest absolute Gasteiger partial charge is 0.251 e. The normalized spacial score (nSPS) is 10.7. The van der Waals surface area contributed by atoms with Crippen LogP contribution in [0.25, 0.3) is 11.3 Å². The average molecular weight is 244 g/mol. The van der Waals surface area contributed by atoms with Gasteiger partial charge in [-0.05, 0) is 32.9 Å². The lowest BCUT2D eigenvalue weighted by Gasteiger charge is -2.13. The molecule has 18 heavy (non-hydrogen) atoms. The summed E-state index contributed by atoms with van der Waals surface area (Å²) >= 11 is 0. The summed E-state index contributed by atoms with van der Waals surface area (Å²) in [6.07, 6.45) is 0.0780. The third kappa shape index (κ3) is 2.77. The number of rotatable bonds is 3. The van der Waals surface area contributed by atoms with E-state index in [0.717, 1.165) is 11.3 Å². The first-order valence-corrected chi connectivity index (χ1v) is 5.90. The second-order valence-electron chi connectivity index (χ2n) is 4.38. The molecule has 1 heterocycles. The fourth-order valence-electron chi connectivity index (χ4n) is 1.75. The zero-order valence-corrected chi connectivity index (χ0v) is 10.7. The van der Waals surface area contributed by atoms with E-state index in [2.05, 4.69) is 9.97 Å². The first-order chi connectivity index (χ1) is 8.56. The van der Waals surface area contributed by atoms with Gasteiger partial charge in [-0.3, -0.25) is 4.79 Å². The third-order valence-electron chi connectivity index (χ3n) is 2.39. The van der Waals surface area contributed by atoms with Crippen molar-refractivity contribution in [3.05, 3.63) is 46.5 Å². The van der Waals surface area contributed by atoms with E-state index in [1.807, 2.05) is 38.1 Å². The Labute approximate surface area is 106 Å². The van der Waals surface area contributed by atoms with Gasteiger partial charge in [0.1, 0.15) is 11.6 Å². The topological polar surface area (TPSA) is 55.0 Å². The van der Waals surface area contributed by atoms with Gasteiger partial charge in [0.2, 0.25) is 0 Å². The number of aromatic nitrogens is 2. The molecule has 0 amide bonds. The number of nitrogens with zero attached hydrogens (tertiary/aromatic N) is 1. The second-order valence-corrected chi connectivity index (χ2v) is 4.38. The van der Waals surface area contributed by atoms with E-state index < -0.39 is 0 Å². The summed E-state index contributed by atoms with van der Waals surface area (Å²) in [5.41, 5.74) is 1.31. The van der Waals surface area contributed by atoms with Crippen LogP contribution in [0.5, 0.6) is 5.75 Å². The molecule has 0 saturated carbocycles. The van der Waals surface area contributed by atoms with Crippen LogP contribution in [-0.4, -0.2) is 16.1 Å². The van der Waals surface area contributed by atoms with Crippen molar-refractivity contribution in [3.63, 3.8) is 0 Å². The van der Waals surface area contributed by atoms with Crippen molar-refractivity contribution in [1.82, 2.24) is 9.97 Å². The van der Waals surface area contributed by atoms with Crippen LogP contribution < -0.4 is 10.3 Å². The van der Waals surface area contributed by atoms with Crippen LogP contribution >= 0.6 is 0 Å². The van der Waals surface area contributed by atoms with Gasteiger partial charge in [-0.2, -0.15) is 0 Å². The van der Waals surface area contributed by atoms with Crippen LogP contribution in [0.15, 0.2) is 35.1 Å². The molecule has 2 rings (SSSR count). The number of benzene rings is 1. The van der Waals surface area contributed by atoms with E-state index >= 15 is 0 Å². The summed E-state index contributed by atoms with van der Waals surface area (Å²) in [4.78, 5) is 18.5. The molecule has 4 heteroatoms. The molecular weight excluding hydrogens is 228 g/mol. The van der Waals surface area contributed by atoms with Gasteiger partial charge in [0, 0.05) is 11.6 Å². The Hall–Kier alpha value is -2.10. The zero-order valence-electron chi connectivity index (χ0n) is 10.7. The van der Waals surface area contributed by atoms with E-state index in [1.54, 1.807) is 6.92 Å². The van der Waals surface area contributed by atoms with E-state index in [-0.39, 0.29) is 11.7 Å². The molecular formula is C14H16N2O2. The molecule has 0 bridgehead atoms. The highest BCUT2D eigenvalue weighted by atomic mass is 16.5. The molecule has 0 saturated heterocycles. The van der Waals surface area contributed by atoms with Crippen molar-refractivity contribution < 1.29 is 4.74 Å². The first kappa shape index (κ1) is 12.4. The van der Waals surface area contributed by atoms with E-state index in [4.69, 9.17) is 4.74 Å². The van der Waals surface area contributed by atoms with E-state index in [1.165, 1.54) is 6.07 Å². The Morgan fingerprint density at radius 3 is 2.67 bits per heavy atom. The van der Waals surface area contributed by atoms with Crippen LogP contribution in [0.4, 0.5) is 0 Å². The molecule has 0 aliphatic carbocycles. The van der Waals surface area contributed by atoms with Crippen molar-refractivity contribution in [1.29, 1.82) is 0 Å². The van der Waals surface area contributed by atoms with Crippen LogP contribution in [0, 0.1) is 6.92 Å². The van der Waals surface area contributed by atoms with Gasteiger partial charge in [0.15, 0.2) is 0 Å². The molecule has 0 unspecified atom stereocenters. The fourth-order valence-corrected chi connectivity index (χ4v) is 1.75. The van der Waals surface area contributed by atoms with Crippen molar-refractivity contribution >= 4 is 0 Å². The highest BCUT2D eigenvalue weighted by Crippen LogP contribution is 2.28. The summed E-state index contributed by atoms with van der Waals surface area (Å²) < 4.78 is 5.73. The quantitative estimate of drug-likeness (QED) is 0.902. The first-order valence-electron chi connectivity index (χ1n) is 5.90. The summed E-state index contributed by atoms with van der Waals surface area (Å²) in [5.74, 6) is 1.34. The number of nitrogens with one attached hydrogen (secondary N) is 1. The van der Waals surface area contributed by atoms with Gasteiger partial charge in [-0.15, -0.1) is 0 Å². The maximum absolute atomic E-state index is 11.5. The third-order valence-corrected chi connectivity index (χ3v) is 2.39. The minimum Gasteiger partial charge on any atom is -0.490 e. The van der Waals surface area contributed by atoms with Crippen LogP contribution in [0.1, 0.15) is 19.7 Å². The highest BCUT2D eigenvalue weighted by Gasteiger charge is 2.09. The molecule has 0 fully saturated rings. The van der Waals surface area contributed by atoms with Crippen LogP contribution in [0.2, 0.25) is 0 Å². The molecule has 0 aliphatic heterocycles. The minimum absolute atomic E-state index is 0.0780. The molecule has 0 radical (unpaired) electrons. The second kappa shape index (κ2) is 5.04. The van der Waals surface area contributed by atoms with Crippen molar-refractivity contribution in [2.24, 2.45) is 0 Å². The predicted octanol–water partition coefficient (Wildman–Crippen LogP) is 2.53. The van der Waals surface area contributed by atoms with E-state index in [0.29, 0.717) is 11.5 Å². The molecule has 4 nitrogen and oxygen atoms in total. The molecule has 1 aromatic carbocycles. The highest BCUT2D eigenvalue weighted by molar-refractivity contribution is 5.66. The predicted molar refractivity (Wildman–Crippen MR) is 70.8 cm³/mol. The number of H-pyrrole nitrogens is 1.